The molecule has 0 amide bonds. The topological polar surface area (TPSA) is 77.1 Å². The Morgan fingerprint density at radius 2 is 2.16 bits per heavy atom. The molecule has 0 atom stereocenters. The van der Waals surface area contributed by atoms with E-state index < -0.39 is 4.92 Å². The zero-order valence-corrected chi connectivity index (χ0v) is 11.1. The van der Waals surface area contributed by atoms with Crippen LogP contribution < -0.4 is 4.90 Å². The lowest BCUT2D eigenvalue weighted by Crippen LogP contribution is -2.21. The van der Waals surface area contributed by atoms with E-state index in [1.54, 1.807) is 37.3 Å². The van der Waals surface area contributed by atoms with E-state index >= 15 is 0 Å². The van der Waals surface area contributed by atoms with Gasteiger partial charge in [0.15, 0.2) is 0 Å². The summed E-state index contributed by atoms with van der Waals surface area (Å²) in [4.78, 5) is 20.8. The fraction of sp³-hybridized carbons (Fsp3) is 0.333. The molecule has 7 heteroatoms. The summed E-state index contributed by atoms with van der Waals surface area (Å²) >= 11 is 0. The largest absolute Gasteiger partial charge is 0.346 e. The van der Waals surface area contributed by atoms with E-state index in [9.17, 15) is 10.1 Å². The van der Waals surface area contributed by atoms with E-state index in [2.05, 4.69) is 9.97 Å². The molecular formula is C12H15N5O2. The number of pyridine rings is 1. The lowest BCUT2D eigenvalue weighted by Gasteiger charge is -2.18. The van der Waals surface area contributed by atoms with Gasteiger partial charge in [0, 0.05) is 38.2 Å². The number of nitro groups is 1. The second-order valence-corrected chi connectivity index (χ2v) is 4.37. The zero-order chi connectivity index (χ0) is 14.0. The van der Waals surface area contributed by atoms with Gasteiger partial charge in [-0.15, -0.1) is 0 Å². The predicted molar refractivity (Wildman–Crippen MR) is 70.9 cm³/mol. The van der Waals surface area contributed by atoms with E-state index in [1.807, 2.05) is 17.8 Å². The van der Waals surface area contributed by atoms with E-state index in [4.69, 9.17) is 0 Å². The Labute approximate surface area is 110 Å². The van der Waals surface area contributed by atoms with Gasteiger partial charge in [0.25, 0.3) is 0 Å². The third kappa shape index (κ3) is 2.54. The van der Waals surface area contributed by atoms with Crippen LogP contribution in [0.1, 0.15) is 11.4 Å². The van der Waals surface area contributed by atoms with Crippen molar-refractivity contribution in [2.24, 2.45) is 7.05 Å². The molecule has 2 heterocycles. The third-order valence-corrected chi connectivity index (χ3v) is 2.95. The Bertz CT molecular complexity index is 608. The molecule has 2 aromatic heterocycles. The molecule has 0 fully saturated rings. The molecule has 0 aliphatic rings. The molecule has 0 aliphatic carbocycles. The molecule has 0 N–H and O–H groups in total. The minimum atomic E-state index is -0.396. The quantitative estimate of drug-likeness (QED) is 0.618. The van der Waals surface area contributed by atoms with Crippen LogP contribution in [0.3, 0.4) is 0 Å². The molecule has 0 saturated heterocycles. The van der Waals surface area contributed by atoms with Crippen molar-refractivity contribution >= 4 is 11.5 Å². The Morgan fingerprint density at radius 1 is 1.42 bits per heavy atom. The molecule has 0 radical (unpaired) electrons. The fourth-order valence-corrected chi connectivity index (χ4v) is 1.88. The minimum absolute atomic E-state index is 0.0409. The molecule has 7 nitrogen and oxygen atoms in total. The van der Waals surface area contributed by atoms with Gasteiger partial charge in [-0.05, 0) is 13.0 Å². The molecule has 0 spiro atoms. The van der Waals surface area contributed by atoms with Crippen LogP contribution in [0.25, 0.3) is 0 Å². The van der Waals surface area contributed by atoms with Crippen molar-refractivity contribution in [2.45, 2.75) is 13.5 Å². The molecule has 0 aliphatic heterocycles. The first-order chi connectivity index (χ1) is 9.00. The highest BCUT2D eigenvalue weighted by Gasteiger charge is 2.22. The van der Waals surface area contributed by atoms with Crippen LogP contribution in [0.4, 0.5) is 11.5 Å². The maximum atomic E-state index is 11.1. The maximum absolute atomic E-state index is 11.1. The van der Waals surface area contributed by atoms with Crippen molar-refractivity contribution in [3.8, 4) is 0 Å². The molecule has 0 aromatic carbocycles. The van der Waals surface area contributed by atoms with Crippen LogP contribution in [0.2, 0.25) is 0 Å². The summed E-state index contributed by atoms with van der Waals surface area (Å²) in [5.41, 5.74) is 0.640. The third-order valence-electron chi connectivity index (χ3n) is 2.95. The Balaban J connectivity index is 2.34. The van der Waals surface area contributed by atoms with Gasteiger partial charge >= 0.3 is 5.69 Å². The van der Waals surface area contributed by atoms with Crippen molar-refractivity contribution < 1.29 is 4.92 Å². The van der Waals surface area contributed by atoms with E-state index in [0.717, 1.165) is 5.82 Å². The minimum Gasteiger partial charge on any atom is -0.346 e. The molecule has 0 bridgehead atoms. The van der Waals surface area contributed by atoms with Gasteiger partial charge in [-0.1, -0.05) is 0 Å². The van der Waals surface area contributed by atoms with E-state index in [-0.39, 0.29) is 5.69 Å². The number of imidazole rings is 1. The average Bonchev–Trinajstić information content (AvgIpc) is 2.74. The number of aromatic nitrogens is 3. The van der Waals surface area contributed by atoms with Gasteiger partial charge < -0.3 is 9.47 Å². The smallest absolute Gasteiger partial charge is 0.314 e. The number of hydrogen-bond acceptors (Lipinski definition) is 5. The Morgan fingerprint density at radius 3 is 2.74 bits per heavy atom. The summed E-state index contributed by atoms with van der Waals surface area (Å²) in [5.74, 6) is 1.17. The highest BCUT2D eigenvalue weighted by Crippen LogP contribution is 2.28. The molecule has 2 rings (SSSR count). The van der Waals surface area contributed by atoms with Crippen molar-refractivity contribution in [3.05, 3.63) is 46.2 Å². The van der Waals surface area contributed by atoms with Crippen molar-refractivity contribution in [3.63, 3.8) is 0 Å². The van der Waals surface area contributed by atoms with Gasteiger partial charge in [0.05, 0.1) is 11.5 Å². The monoisotopic (exact) mass is 261 g/mol. The molecule has 2 aromatic rings. The Hall–Kier alpha value is -2.44. The van der Waals surface area contributed by atoms with Gasteiger partial charge in [-0.3, -0.25) is 10.1 Å². The van der Waals surface area contributed by atoms with Gasteiger partial charge in [-0.2, -0.15) is 0 Å². The summed E-state index contributed by atoms with van der Waals surface area (Å²) in [6.45, 7) is 2.17. The van der Waals surface area contributed by atoms with Crippen molar-refractivity contribution in [2.75, 3.05) is 11.9 Å². The summed E-state index contributed by atoms with van der Waals surface area (Å²) in [7, 11) is 3.65. The van der Waals surface area contributed by atoms with E-state index in [1.165, 1.54) is 0 Å². The van der Waals surface area contributed by atoms with Crippen LogP contribution >= 0.6 is 0 Å². The lowest BCUT2D eigenvalue weighted by molar-refractivity contribution is -0.384. The van der Waals surface area contributed by atoms with E-state index in [0.29, 0.717) is 17.9 Å². The molecule has 0 unspecified atom stereocenters. The second kappa shape index (κ2) is 5.05. The van der Waals surface area contributed by atoms with Crippen molar-refractivity contribution in [1.29, 1.82) is 0 Å². The van der Waals surface area contributed by atoms with Crippen LogP contribution in [0.15, 0.2) is 24.7 Å². The van der Waals surface area contributed by atoms with Gasteiger partial charge in [0.1, 0.15) is 5.82 Å². The first-order valence-electron chi connectivity index (χ1n) is 5.78. The Kier molecular flexibility index (Phi) is 3.46. The number of rotatable bonds is 4. The fourth-order valence-electron chi connectivity index (χ4n) is 1.88. The number of anilines is 1. The molecule has 100 valence electrons. The predicted octanol–water partition coefficient (Wildman–Crippen LogP) is 1.67. The summed E-state index contributed by atoms with van der Waals surface area (Å²) in [5, 5.41) is 11.1. The molecular weight excluding hydrogens is 246 g/mol. The second-order valence-electron chi connectivity index (χ2n) is 4.37. The van der Waals surface area contributed by atoms with Crippen LogP contribution in [-0.4, -0.2) is 26.5 Å². The SMILES string of the molecule is Cc1ccnc(N(C)Cc2nccn2C)c1[N+](=O)[O-]. The van der Waals surface area contributed by atoms with Crippen LogP contribution in [0, 0.1) is 17.0 Å². The highest BCUT2D eigenvalue weighted by molar-refractivity contribution is 5.61. The normalized spacial score (nSPS) is 10.5. The molecule has 0 saturated carbocycles. The number of nitrogens with zero attached hydrogens (tertiary/aromatic N) is 5. The first-order valence-corrected chi connectivity index (χ1v) is 5.78. The molecule has 19 heavy (non-hydrogen) atoms. The summed E-state index contributed by atoms with van der Waals surface area (Å²) < 4.78 is 1.87. The maximum Gasteiger partial charge on any atom is 0.314 e. The lowest BCUT2D eigenvalue weighted by atomic mass is 10.2. The zero-order valence-electron chi connectivity index (χ0n) is 11.1. The van der Waals surface area contributed by atoms with Crippen LogP contribution in [-0.2, 0) is 13.6 Å². The summed E-state index contributed by atoms with van der Waals surface area (Å²) in [6.07, 6.45) is 5.11. The van der Waals surface area contributed by atoms with Gasteiger partial charge in [-0.25, -0.2) is 9.97 Å². The average molecular weight is 261 g/mol. The standard InChI is InChI=1S/C12H15N5O2/c1-9-4-5-14-12(11(9)17(18)19)16(3)8-10-13-6-7-15(10)2/h4-7H,8H2,1-3H3. The number of hydrogen-bond donors (Lipinski definition) is 0. The van der Waals surface area contributed by atoms with Crippen LogP contribution in [0.5, 0.6) is 0 Å². The highest BCUT2D eigenvalue weighted by atomic mass is 16.6. The number of aryl methyl sites for hydroxylation is 2. The van der Waals surface area contributed by atoms with Gasteiger partial charge in [0.2, 0.25) is 5.82 Å². The summed E-state index contributed by atoms with van der Waals surface area (Å²) in [6, 6.07) is 1.64. The first kappa shape index (κ1) is 13.0. The van der Waals surface area contributed by atoms with Crippen molar-refractivity contribution in [1.82, 2.24) is 14.5 Å².